The van der Waals surface area contributed by atoms with E-state index in [-0.39, 0.29) is 11.7 Å². The van der Waals surface area contributed by atoms with Crippen LogP contribution in [0.3, 0.4) is 0 Å². The summed E-state index contributed by atoms with van der Waals surface area (Å²) in [6.07, 6.45) is 0.873. The highest BCUT2D eigenvalue weighted by molar-refractivity contribution is 5.96. The molecule has 13 heavy (non-hydrogen) atoms. The summed E-state index contributed by atoms with van der Waals surface area (Å²) >= 11 is 0. The number of carbonyl (C=O) groups excluding carboxylic acids is 1. The van der Waals surface area contributed by atoms with Crippen LogP contribution in [-0.4, -0.2) is 29.5 Å². The Kier molecular flexibility index (Phi) is 1.72. The SMILES string of the molecule is CN1CCc2ccc(O)cc2C1=O. The maximum Gasteiger partial charge on any atom is 0.254 e. The van der Waals surface area contributed by atoms with Crippen LogP contribution >= 0.6 is 0 Å². The molecule has 0 aromatic heterocycles. The monoisotopic (exact) mass is 177 g/mol. The lowest BCUT2D eigenvalue weighted by Crippen LogP contribution is -2.33. The first kappa shape index (κ1) is 8.10. The molecule has 68 valence electrons. The molecule has 0 saturated carbocycles. The Morgan fingerprint density at radius 3 is 3.00 bits per heavy atom. The zero-order chi connectivity index (χ0) is 9.42. The number of amides is 1. The summed E-state index contributed by atoms with van der Waals surface area (Å²) in [5.41, 5.74) is 1.66. The third-order valence-corrected chi connectivity index (χ3v) is 2.39. The van der Waals surface area contributed by atoms with Crippen LogP contribution in [0.25, 0.3) is 0 Å². The molecule has 0 atom stereocenters. The van der Waals surface area contributed by atoms with Crippen molar-refractivity contribution in [2.45, 2.75) is 6.42 Å². The highest BCUT2D eigenvalue weighted by atomic mass is 16.3. The Bertz CT molecular complexity index is 360. The van der Waals surface area contributed by atoms with Crippen LogP contribution in [0.4, 0.5) is 0 Å². The first-order valence-corrected chi connectivity index (χ1v) is 4.26. The summed E-state index contributed by atoms with van der Waals surface area (Å²) in [7, 11) is 1.77. The van der Waals surface area contributed by atoms with Crippen LogP contribution in [0.5, 0.6) is 5.75 Å². The molecule has 0 saturated heterocycles. The van der Waals surface area contributed by atoms with Gasteiger partial charge in [0.15, 0.2) is 0 Å². The van der Waals surface area contributed by atoms with Crippen molar-refractivity contribution in [1.29, 1.82) is 0 Å². The second-order valence-corrected chi connectivity index (χ2v) is 3.32. The van der Waals surface area contributed by atoms with E-state index >= 15 is 0 Å². The van der Waals surface area contributed by atoms with E-state index < -0.39 is 0 Å². The molecule has 1 aromatic carbocycles. The number of benzene rings is 1. The molecule has 0 unspecified atom stereocenters. The Morgan fingerprint density at radius 2 is 2.23 bits per heavy atom. The molecule has 0 fully saturated rings. The van der Waals surface area contributed by atoms with E-state index in [1.165, 1.54) is 6.07 Å². The van der Waals surface area contributed by atoms with Crippen LogP contribution < -0.4 is 0 Å². The van der Waals surface area contributed by atoms with E-state index in [1.807, 2.05) is 6.07 Å². The zero-order valence-electron chi connectivity index (χ0n) is 7.45. The fraction of sp³-hybridized carbons (Fsp3) is 0.300. The smallest absolute Gasteiger partial charge is 0.254 e. The van der Waals surface area contributed by atoms with E-state index in [1.54, 1.807) is 18.0 Å². The van der Waals surface area contributed by atoms with Gasteiger partial charge in [-0.25, -0.2) is 0 Å². The van der Waals surface area contributed by atoms with Gasteiger partial charge in [0.25, 0.3) is 5.91 Å². The summed E-state index contributed by atoms with van der Waals surface area (Å²) in [5.74, 6) is 0.152. The number of phenols is 1. The van der Waals surface area contributed by atoms with E-state index in [2.05, 4.69) is 0 Å². The predicted molar refractivity (Wildman–Crippen MR) is 48.8 cm³/mol. The Labute approximate surface area is 76.6 Å². The second-order valence-electron chi connectivity index (χ2n) is 3.32. The van der Waals surface area contributed by atoms with Crippen molar-refractivity contribution in [3.05, 3.63) is 29.3 Å². The van der Waals surface area contributed by atoms with Crippen molar-refractivity contribution < 1.29 is 9.90 Å². The number of phenolic OH excluding ortho intramolecular Hbond substituents is 1. The number of hydrogen-bond donors (Lipinski definition) is 1. The molecule has 2 rings (SSSR count). The van der Waals surface area contributed by atoms with Crippen LogP contribution in [0.15, 0.2) is 18.2 Å². The average Bonchev–Trinajstić information content (AvgIpc) is 2.12. The van der Waals surface area contributed by atoms with Gasteiger partial charge >= 0.3 is 0 Å². The van der Waals surface area contributed by atoms with Crippen molar-refractivity contribution in [3.63, 3.8) is 0 Å². The van der Waals surface area contributed by atoms with Gasteiger partial charge in [-0.2, -0.15) is 0 Å². The molecule has 1 heterocycles. The maximum atomic E-state index is 11.6. The highest BCUT2D eigenvalue weighted by Crippen LogP contribution is 2.21. The molecule has 3 heteroatoms. The largest absolute Gasteiger partial charge is 0.508 e. The lowest BCUT2D eigenvalue weighted by Gasteiger charge is -2.24. The molecule has 3 nitrogen and oxygen atoms in total. The number of hydrogen-bond acceptors (Lipinski definition) is 2. The number of carbonyl (C=O) groups is 1. The molecule has 0 spiro atoms. The molecule has 0 aliphatic carbocycles. The number of aromatic hydroxyl groups is 1. The van der Waals surface area contributed by atoms with E-state index in [0.29, 0.717) is 5.56 Å². The van der Waals surface area contributed by atoms with Crippen LogP contribution in [0.1, 0.15) is 15.9 Å². The first-order chi connectivity index (χ1) is 6.18. The van der Waals surface area contributed by atoms with Crippen molar-refractivity contribution in [2.24, 2.45) is 0 Å². The summed E-state index contributed by atoms with van der Waals surface area (Å²) in [6, 6.07) is 4.97. The summed E-state index contributed by atoms with van der Waals surface area (Å²) in [4.78, 5) is 13.3. The van der Waals surface area contributed by atoms with Gasteiger partial charge < -0.3 is 10.0 Å². The lowest BCUT2D eigenvalue weighted by atomic mass is 9.99. The van der Waals surface area contributed by atoms with Gasteiger partial charge in [0.05, 0.1) is 0 Å². The van der Waals surface area contributed by atoms with Crippen molar-refractivity contribution in [1.82, 2.24) is 4.90 Å². The van der Waals surface area contributed by atoms with Gasteiger partial charge in [0, 0.05) is 19.2 Å². The Morgan fingerprint density at radius 1 is 1.46 bits per heavy atom. The topological polar surface area (TPSA) is 40.5 Å². The second kappa shape index (κ2) is 2.76. The number of fused-ring (bicyclic) bond motifs is 1. The van der Waals surface area contributed by atoms with Gasteiger partial charge in [-0.3, -0.25) is 4.79 Å². The molecule has 1 N–H and O–H groups in total. The van der Waals surface area contributed by atoms with Gasteiger partial charge in [-0.05, 0) is 24.1 Å². The van der Waals surface area contributed by atoms with Crippen molar-refractivity contribution in [2.75, 3.05) is 13.6 Å². The molecular formula is C10H11NO2. The normalized spacial score (nSPS) is 15.8. The fourth-order valence-corrected chi connectivity index (χ4v) is 1.58. The third-order valence-electron chi connectivity index (χ3n) is 2.39. The van der Waals surface area contributed by atoms with Gasteiger partial charge in [0.2, 0.25) is 0 Å². The highest BCUT2D eigenvalue weighted by Gasteiger charge is 2.21. The molecule has 0 radical (unpaired) electrons. The van der Waals surface area contributed by atoms with Crippen LogP contribution in [0.2, 0.25) is 0 Å². The van der Waals surface area contributed by atoms with Crippen LogP contribution in [-0.2, 0) is 6.42 Å². The average molecular weight is 177 g/mol. The van der Waals surface area contributed by atoms with E-state index in [4.69, 9.17) is 0 Å². The van der Waals surface area contributed by atoms with Gasteiger partial charge in [0.1, 0.15) is 5.75 Å². The summed E-state index contributed by atoms with van der Waals surface area (Å²) < 4.78 is 0. The third kappa shape index (κ3) is 1.26. The minimum absolute atomic E-state index is 0.00264. The Hall–Kier alpha value is -1.51. The summed E-state index contributed by atoms with van der Waals surface area (Å²) in [6.45, 7) is 0.761. The van der Waals surface area contributed by atoms with Crippen LogP contribution in [0, 0.1) is 0 Å². The summed E-state index contributed by atoms with van der Waals surface area (Å²) in [5, 5.41) is 9.22. The number of likely N-dealkylation sites (N-methyl/N-ethyl adjacent to an activating group) is 1. The van der Waals surface area contributed by atoms with Gasteiger partial charge in [-0.1, -0.05) is 6.07 Å². The standard InChI is InChI=1S/C10H11NO2/c1-11-5-4-7-2-3-8(12)6-9(7)10(11)13/h2-3,6,12H,4-5H2,1H3. The number of nitrogens with zero attached hydrogens (tertiary/aromatic N) is 1. The fourth-order valence-electron chi connectivity index (χ4n) is 1.58. The minimum Gasteiger partial charge on any atom is -0.508 e. The minimum atomic E-state index is -0.00264. The Balaban J connectivity index is 2.51. The molecular weight excluding hydrogens is 166 g/mol. The van der Waals surface area contributed by atoms with Crippen molar-refractivity contribution >= 4 is 5.91 Å². The van der Waals surface area contributed by atoms with Crippen molar-refractivity contribution in [3.8, 4) is 5.75 Å². The van der Waals surface area contributed by atoms with E-state index in [0.717, 1.165) is 18.5 Å². The van der Waals surface area contributed by atoms with E-state index in [9.17, 15) is 9.90 Å². The predicted octanol–water partition coefficient (Wildman–Crippen LogP) is 1.02. The molecule has 0 bridgehead atoms. The lowest BCUT2D eigenvalue weighted by molar-refractivity contribution is 0.0780. The molecule has 1 aromatic rings. The number of rotatable bonds is 0. The molecule has 1 aliphatic heterocycles. The quantitative estimate of drug-likeness (QED) is 0.642. The van der Waals surface area contributed by atoms with Gasteiger partial charge in [-0.15, -0.1) is 0 Å². The zero-order valence-corrected chi connectivity index (χ0v) is 7.45. The molecule has 1 aliphatic rings. The molecule has 1 amide bonds. The maximum absolute atomic E-state index is 11.6. The first-order valence-electron chi connectivity index (χ1n) is 4.26.